The maximum absolute atomic E-state index is 12.5. The van der Waals surface area contributed by atoms with Gasteiger partial charge in [0.2, 0.25) is 0 Å². The molecule has 1 aromatic heterocycles. The Morgan fingerprint density at radius 3 is 2.91 bits per heavy atom. The largest absolute Gasteiger partial charge is 0.346 e. The van der Waals surface area contributed by atoms with Gasteiger partial charge in [-0.3, -0.25) is 9.89 Å². The molecule has 6 heteroatoms. The number of piperidine rings is 3. The fourth-order valence-corrected chi connectivity index (χ4v) is 3.63. The quantitative estimate of drug-likeness (QED) is 0.873. The van der Waals surface area contributed by atoms with Gasteiger partial charge in [0.05, 0.1) is 17.1 Å². The normalized spacial score (nSPS) is 26.8. The standard InChI is InChI=1S/C16H17N5O/c17-8-10-1-2-12-13(7-10)19-20-15(12)16(22)18-14-9-21-5-3-11(14)4-6-21/h1-2,7,11,14H,3-6,9H2,(H,18,22)(H,19,20). The number of benzene rings is 1. The van der Waals surface area contributed by atoms with Crippen LogP contribution in [0.4, 0.5) is 0 Å². The van der Waals surface area contributed by atoms with Crippen LogP contribution in [0.25, 0.3) is 10.9 Å². The molecule has 3 aliphatic heterocycles. The Bertz CT molecular complexity index is 766. The average Bonchev–Trinajstić information content (AvgIpc) is 2.99. The predicted octanol–water partition coefficient (Wildman–Crippen LogP) is 1.26. The highest BCUT2D eigenvalue weighted by atomic mass is 16.2. The van der Waals surface area contributed by atoms with Crippen molar-refractivity contribution in [2.45, 2.75) is 18.9 Å². The van der Waals surface area contributed by atoms with E-state index in [1.54, 1.807) is 18.2 Å². The third-order valence-electron chi connectivity index (χ3n) is 4.88. The molecule has 1 aromatic carbocycles. The van der Waals surface area contributed by atoms with E-state index in [9.17, 15) is 4.79 Å². The maximum Gasteiger partial charge on any atom is 0.272 e. The highest BCUT2D eigenvalue weighted by molar-refractivity contribution is 6.05. The first-order chi connectivity index (χ1) is 10.7. The summed E-state index contributed by atoms with van der Waals surface area (Å²) in [4.78, 5) is 15.0. The van der Waals surface area contributed by atoms with Crippen molar-refractivity contribution in [3.8, 4) is 6.07 Å². The number of H-pyrrole nitrogens is 1. The van der Waals surface area contributed by atoms with Crippen LogP contribution in [-0.2, 0) is 0 Å². The number of nitriles is 1. The number of rotatable bonds is 2. The first-order valence-electron chi connectivity index (χ1n) is 7.66. The Kier molecular flexibility index (Phi) is 3.09. The molecule has 0 saturated carbocycles. The zero-order valence-corrected chi connectivity index (χ0v) is 12.2. The number of carbonyl (C=O) groups excluding carboxylic acids is 1. The van der Waals surface area contributed by atoms with Crippen molar-refractivity contribution in [3.05, 3.63) is 29.5 Å². The molecule has 4 heterocycles. The van der Waals surface area contributed by atoms with Crippen LogP contribution in [0.3, 0.4) is 0 Å². The van der Waals surface area contributed by atoms with Crippen molar-refractivity contribution in [2.24, 2.45) is 5.92 Å². The fourth-order valence-electron chi connectivity index (χ4n) is 3.63. The average molecular weight is 295 g/mol. The predicted molar refractivity (Wildman–Crippen MR) is 81.2 cm³/mol. The molecule has 5 rings (SSSR count). The zero-order chi connectivity index (χ0) is 15.1. The first-order valence-corrected chi connectivity index (χ1v) is 7.66. The Balaban J connectivity index is 1.57. The van der Waals surface area contributed by atoms with Crippen molar-refractivity contribution < 1.29 is 4.79 Å². The Morgan fingerprint density at radius 1 is 1.41 bits per heavy atom. The third-order valence-corrected chi connectivity index (χ3v) is 4.88. The Hall–Kier alpha value is -2.39. The Labute approximate surface area is 128 Å². The van der Waals surface area contributed by atoms with Crippen LogP contribution < -0.4 is 5.32 Å². The molecule has 112 valence electrons. The van der Waals surface area contributed by atoms with Crippen LogP contribution in [0.15, 0.2) is 18.2 Å². The van der Waals surface area contributed by atoms with Crippen LogP contribution >= 0.6 is 0 Å². The summed E-state index contributed by atoms with van der Waals surface area (Å²) in [5, 5.41) is 19.8. The van der Waals surface area contributed by atoms with E-state index >= 15 is 0 Å². The molecular formula is C16H17N5O. The van der Waals surface area contributed by atoms with Gasteiger partial charge in [-0.05, 0) is 50.0 Å². The second-order valence-corrected chi connectivity index (χ2v) is 6.16. The van der Waals surface area contributed by atoms with Crippen LogP contribution in [0.1, 0.15) is 28.9 Å². The summed E-state index contributed by atoms with van der Waals surface area (Å²) < 4.78 is 0. The van der Waals surface area contributed by atoms with Gasteiger partial charge in [-0.15, -0.1) is 0 Å². The van der Waals surface area contributed by atoms with Gasteiger partial charge in [0.15, 0.2) is 5.69 Å². The number of fused-ring (bicyclic) bond motifs is 4. The molecule has 2 bridgehead atoms. The van der Waals surface area contributed by atoms with Crippen molar-refractivity contribution in [1.29, 1.82) is 5.26 Å². The lowest BCUT2D eigenvalue weighted by Crippen LogP contribution is -2.57. The van der Waals surface area contributed by atoms with Crippen LogP contribution in [-0.4, -0.2) is 46.7 Å². The molecule has 2 aromatic rings. The van der Waals surface area contributed by atoms with Crippen molar-refractivity contribution in [1.82, 2.24) is 20.4 Å². The number of carbonyl (C=O) groups is 1. The van der Waals surface area contributed by atoms with Crippen molar-refractivity contribution >= 4 is 16.8 Å². The third kappa shape index (κ3) is 2.14. The number of nitrogens with zero attached hydrogens (tertiary/aromatic N) is 3. The van der Waals surface area contributed by atoms with Crippen LogP contribution in [0, 0.1) is 17.2 Å². The first kappa shape index (κ1) is 13.3. The number of nitrogens with one attached hydrogen (secondary N) is 2. The van der Waals surface area contributed by atoms with Gasteiger partial charge in [-0.1, -0.05) is 0 Å². The maximum atomic E-state index is 12.5. The summed E-state index contributed by atoms with van der Waals surface area (Å²) in [7, 11) is 0. The minimum atomic E-state index is -0.130. The van der Waals surface area contributed by atoms with Gasteiger partial charge < -0.3 is 10.2 Å². The van der Waals surface area contributed by atoms with Gasteiger partial charge in [-0.25, -0.2) is 0 Å². The van der Waals surface area contributed by atoms with E-state index in [2.05, 4.69) is 26.5 Å². The van der Waals surface area contributed by atoms with Crippen LogP contribution in [0.2, 0.25) is 0 Å². The second kappa shape index (κ2) is 5.11. The minimum Gasteiger partial charge on any atom is -0.346 e. The molecule has 3 fully saturated rings. The lowest BCUT2D eigenvalue weighted by atomic mass is 9.84. The number of hydrogen-bond acceptors (Lipinski definition) is 4. The summed E-state index contributed by atoms with van der Waals surface area (Å²) in [5.41, 5.74) is 1.69. The van der Waals surface area contributed by atoms with E-state index in [1.165, 1.54) is 0 Å². The summed E-state index contributed by atoms with van der Waals surface area (Å²) in [6, 6.07) is 7.52. The SMILES string of the molecule is N#Cc1ccc2c(C(=O)NC3CN4CCC3CC4)n[nH]c2c1. The molecule has 1 amide bonds. The van der Waals surface area contributed by atoms with E-state index in [0.29, 0.717) is 17.2 Å². The molecule has 0 aliphatic carbocycles. The molecule has 22 heavy (non-hydrogen) atoms. The molecule has 6 nitrogen and oxygen atoms in total. The second-order valence-electron chi connectivity index (χ2n) is 6.16. The minimum absolute atomic E-state index is 0.130. The van der Waals surface area contributed by atoms with Gasteiger partial charge in [0.25, 0.3) is 5.91 Å². The number of amides is 1. The van der Waals surface area contributed by atoms with E-state index in [-0.39, 0.29) is 11.9 Å². The Morgan fingerprint density at radius 2 is 2.23 bits per heavy atom. The summed E-state index contributed by atoms with van der Waals surface area (Å²) in [5.74, 6) is 0.457. The highest BCUT2D eigenvalue weighted by Crippen LogP contribution is 2.28. The fraction of sp³-hybridized carbons (Fsp3) is 0.438. The van der Waals surface area contributed by atoms with E-state index in [1.807, 2.05) is 0 Å². The van der Waals surface area contributed by atoms with E-state index in [4.69, 9.17) is 5.26 Å². The smallest absolute Gasteiger partial charge is 0.272 e. The molecule has 0 spiro atoms. The topological polar surface area (TPSA) is 84.8 Å². The molecule has 3 saturated heterocycles. The number of aromatic amines is 1. The van der Waals surface area contributed by atoms with E-state index in [0.717, 1.165) is 43.4 Å². The molecule has 2 N–H and O–H groups in total. The molecule has 3 aliphatic rings. The lowest BCUT2D eigenvalue weighted by Gasteiger charge is -2.44. The summed E-state index contributed by atoms with van der Waals surface area (Å²) in [6.07, 6.45) is 2.33. The summed E-state index contributed by atoms with van der Waals surface area (Å²) in [6.45, 7) is 3.25. The van der Waals surface area contributed by atoms with Crippen molar-refractivity contribution in [2.75, 3.05) is 19.6 Å². The summed E-state index contributed by atoms with van der Waals surface area (Å²) >= 11 is 0. The molecular weight excluding hydrogens is 278 g/mol. The van der Waals surface area contributed by atoms with Crippen LogP contribution in [0.5, 0.6) is 0 Å². The van der Waals surface area contributed by atoms with Gasteiger partial charge >= 0.3 is 0 Å². The monoisotopic (exact) mass is 295 g/mol. The number of hydrogen-bond donors (Lipinski definition) is 2. The lowest BCUT2D eigenvalue weighted by molar-refractivity contribution is 0.0618. The van der Waals surface area contributed by atoms with Crippen molar-refractivity contribution in [3.63, 3.8) is 0 Å². The van der Waals surface area contributed by atoms with Gasteiger partial charge in [0.1, 0.15) is 0 Å². The van der Waals surface area contributed by atoms with Gasteiger partial charge in [0, 0.05) is 18.0 Å². The molecule has 0 radical (unpaired) electrons. The van der Waals surface area contributed by atoms with E-state index < -0.39 is 0 Å². The van der Waals surface area contributed by atoms with Gasteiger partial charge in [-0.2, -0.15) is 10.4 Å². The molecule has 1 unspecified atom stereocenters. The highest BCUT2D eigenvalue weighted by Gasteiger charge is 2.35. The molecule has 1 atom stereocenters. The number of aromatic nitrogens is 2. The zero-order valence-electron chi connectivity index (χ0n) is 12.2.